The van der Waals surface area contributed by atoms with Gasteiger partial charge in [-0.2, -0.15) is 0 Å². The van der Waals surface area contributed by atoms with Gasteiger partial charge in [0.25, 0.3) is 0 Å². The van der Waals surface area contributed by atoms with E-state index in [4.69, 9.17) is 9.47 Å². The zero-order valence-corrected chi connectivity index (χ0v) is 19.9. The van der Waals surface area contributed by atoms with Gasteiger partial charge in [-0.05, 0) is 59.6 Å². The molecule has 4 nitrogen and oxygen atoms in total. The molecule has 0 heterocycles. The molecule has 0 amide bonds. The van der Waals surface area contributed by atoms with Crippen LogP contribution in [0.15, 0.2) is 84.9 Å². The number of hydrogen-bond donors (Lipinski definition) is 0. The second-order valence-corrected chi connectivity index (χ2v) is 8.29. The Labute approximate surface area is 202 Å². The number of ether oxygens (including phenoxy) is 2. The number of carbonyl (C=O) groups is 2. The van der Waals surface area contributed by atoms with Crippen LogP contribution in [0.2, 0.25) is 0 Å². The van der Waals surface area contributed by atoms with Crippen LogP contribution in [0.4, 0.5) is 0 Å². The van der Waals surface area contributed by atoms with Crippen molar-refractivity contribution in [2.45, 2.75) is 32.1 Å². The molecule has 0 aliphatic rings. The predicted molar refractivity (Wildman–Crippen MR) is 136 cm³/mol. The molecule has 3 rings (SSSR count). The van der Waals surface area contributed by atoms with E-state index in [9.17, 15) is 9.59 Å². The maximum absolute atomic E-state index is 11.7. The number of esters is 2. The van der Waals surface area contributed by atoms with Crippen LogP contribution in [0.3, 0.4) is 0 Å². The van der Waals surface area contributed by atoms with E-state index >= 15 is 0 Å². The van der Waals surface area contributed by atoms with Crippen molar-refractivity contribution in [3.63, 3.8) is 0 Å². The Hall–Kier alpha value is -3.66. The van der Waals surface area contributed by atoms with E-state index in [2.05, 4.69) is 60.7 Å². The third-order valence-corrected chi connectivity index (χ3v) is 5.90. The molecule has 0 aliphatic heterocycles. The first-order chi connectivity index (χ1) is 16.6. The number of allylic oxidation sites excluding steroid dienone is 1. The summed E-state index contributed by atoms with van der Waals surface area (Å²) in [7, 11) is 2.81. The third-order valence-electron chi connectivity index (χ3n) is 5.90. The normalized spacial score (nSPS) is 11.8. The molecule has 0 radical (unpaired) electrons. The first kappa shape index (κ1) is 25.0. The monoisotopic (exact) mass is 456 g/mol. The molecule has 0 bridgehead atoms. The maximum atomic E-state index is 11.7. The van der Waals surface area contributed by atoms with Crippen LogP contribution in [0, 0.1) is 5.92 Å². The Kier molecular flexibility index (Phi) is 9.65. The smallest absolute Gasteiger partial charge is 0.337 e. The lowest BCUT2D eigenvalue weighted by molar-refractivity contribution is -0.140. The molecule has 4 heteroatoms. The van der Waals surface area contributed by atoms with Crippen molar-refractivity contribution >= 4 is 18.0 Å². The SMILES string of the molecule is COC(=O)CCCCC(C=Cc1ccccc1-c1ccccc1)Cc1ccc(C(=O)OC)cc1. The summed E-state index contributed by atoms with van der Waals surface area (Å²) in [6.07, 6.45) is 8.47. The highest BCUT2D eigenvalue weighted by molar-refractivity contribution is 5.89. The molecule has 176 valence electrons. The van der Waals surface area contributed by atoms with Gasteiger partial charge in [0.1, 0.15) is 0 Å². The summed E-state index contributed by atoms with van der Waals surface area (Å²) < 4.78 is 9.56. The molecule has 0 saturated carbocycles. The lowest BCUT2D eigenvalue weighted by Crippen LogP contribution is -2.05. The van der Waals surface area contributed by atoms with Crippen molar-refractivity contribution in [3.05, 3.63) is 102 Å². The van der Waals surface area contributed by atoms with Crippen molar-refractivity contribution < 1.29 is 19.1 Å². The zero-order chi connectivity index (χ0) is 24.2. The minimum atomic E-state index is -0.330. The molecule has 0 aromatic heterocycles. The Morgan fingerprint density at radius 3 is 2.24 bits per heavy atom. The van der Waals surface area contributed by atoms with Crippen molar-refractivity contribution in [1.82, 2.24) is 0 Å². The molecular formula is C30H32O4. The van der Waals surface area contributed by atoms with Crippen LogP contribution in [0.1, 0.15) is 47.2 Å². The van der Waals surface area contributed by atoms with Gasteiger partial charge in [-0.25, -0.2) is 4.79 Å². The number of carbonyl (C=O) groups excluding carboxylic acids is 2. The minimum Gasteiger partial charge on any atom is -0.469 e. The third kappa shape index (κ3) is 7.45. The first-order valence-corrected chi connectivity index (χ1v) is 11.7. The van der Waals surface area contributed by atoms with Crippen LogP contribution >= 0.6 is 0 Å². The van der Waals surface area contributed by atoms with E-state index in [-0.39, 0.29) is 11.9 Å². The number of rotatable bonds is 11. The molecule has 1 atom stereocenters. The van der Waals surface area contributed by atoms with E-state index in [1.54, 1.807) is 0 Å². The molecule has 0 N–H and O–H groups in total. The molecule has 1 unspecified atom stereocenters. The van der Waals surface area contributed by atoms with Gasteiger partial charge in [-0.15, -0.1) is 0 Å². The van der Waals surface area contributed by atoms with Crippen molar-refractivity contribution in [1.29, 1.82) is 0 Å². The van der Waals surface area contributed by atoms with Crippen LogP contribution in [-0.4, -0.2) is 26.2 Å². The van der Waals surface area contributed by atoms with Crippen molar-refractivity contribution in [3.8, 4) is 11.1 Å². The molecule has 0 spiro atoms. The number of unbranched alkanes of at least 4 members (excludes halogenated alkanes) is 1. The average molecular weight is 457 g/mol. The van der Waals surface area contributed by atoms with Crippen molar-refractivity contribution in [2.75, 3.05) is 14.2 Å². The molecule has 0 aliphatic carbocycles. The van der Waals surface area contributed by atoms with Gasteiger partial charge in [0.2, 0.25) is 0 Å². The summed E-state index contributed by atoms with van der Waals surface area (Å²) in [6, 6.07) is 26.4. The Morgan fingerprint density at radius 2 is 1.53 bits per heavy atom. The second kappa shape index (κ2) is 13.1. The summed E-state index contributed by atoms with van der Waals surface area (Å²) >= 11 is 0. The van der Waals surface area contributed by atoms with Gasteiger partial charge in [-0.1, -0.05) is 85.3 Å². The van der Waals surface area contributed by atoms with E-state index in [1.165, 1.54) is 30.9 Å². The number of benzene rings is 3. The van der Waals surface area contributed by atoms with Gasteiger partial charge in [0, 0.05) is 6.42 Å². The molecule has 3 aromatic rings. The molecule has 0 fully saturated rings. The van der Waals surface area contributed by atoms with E-state index in [0.717, 1.165) is 31.2 Å². The zero-order valence-electron chi connectivity index (χ0n) is 19.9. The fourth-order valence-corrected chi connectivity index (χ4v) is 4.00. The van der Waals surface area contributed by atoms with Crippen LogP contribution in [0.25, 0.3) is 17.2 Å². The van der Waals surface area contributed by atoms with Crippen LogP contribution in [0.5, 0.6) is 0 Å². The Morgan fingerprint density at radius 1 is 0.824 bits per heavy atom. The van der Waals surface area contributed by atoms with E-state index < -0.39 is 0 Å². The highest BCUT2D eigenvalue weighted by atomic mass is 16.5. The minimum absolute atomic E-state index is 0.165. The highest BCUT2D eigenvalue weighted by Gasteiger charge is 2.11. The summed E-state index contributed by atoms with van der Waals surface area (Å²) in [5, 5.41) is 0. The van der Waals surface area contributed by atoms with Gasteiger partial charge in [-0.3, -0.25) is 4.79 Å². The summed E-state index contributed by atoms with van der Waals surface area (Å²) in [5.41, 5.74) is 5.27. The summed E-state index contributed by atoms with van der Waals surface area (Å²) in [6.45, 7) is 0. The topological polar surface area (TPSA) is 52.6 Å². The number of methoxy groups -OCH3 is 2. The lowest BCUT2D eigenvalue weighted by atomic mass is 9.91. The van der Waals surface area contributed by atoms with Gasteiger partial charge in [0.15, 0.2) is 0 Å². The van der Waals surface area contributed by atoms with Crippen LogP contribution < -0.4 is 0 Å². The highest BCUT2D eigenvalue weighted by Crippen LogP contribution is 2.26. The van der Waals surface area contributed by atoms with Crippen molar-refractivity contribution in [2.24, 2.45) is 5.92 Å². The van der Waals surface area contributed by atoms with E-state index in [0.29, 0.717) is 17.9 Å². The quantitative estimate of drug-likeness (QED) is 0.237. The predicted octanol–water partition coefficient (Wildman–Crippen LogP) is 6.75. The Bertz CT molecular complexity index is 1080. The lowest BCUT2D eigenvalue weighted by Gasteiger charge is -2.14. The molecule has 0 saturated heterocycles. The standard InChI is InChI=1S/C30H32O4/c1-33-29(31)15-9-6-10-23(22-24-17-20-27(21-18-24)30(32)34-2)16-19-26-13-7-8-14-28(26)25-11-4-3-5-12-25/h3-5,7-8,11-14,16-21,23H,6,9-10,15,22H2,1-2H3. The number of hydrogen-bond acceptors (Lipinski definition) is 4. The fraction of sp³-hybridized carbons (Fsp3) is 0.267. The summed E-state index contributed by atoms with van der Waals surface area (Å²) in [4.78, 5) is 23.2. The van der Waals surface area contributed by atoms with Gasteiger partial charge in [0.05, 0.1) is 19.8 Å². The fourth-order valence-electron chi connectivity index (χ4n) is 4.00. The molecular weight excluding hydrogens is 424 g/mol. The maximum Gasteiger partial charge on any atom is 0.337 e. The largest absolute Gasteiger partial charge is 0.469 e. The van der Waals surface area contributed by atoms with Gasteiger partial charge < -0.3 is 9.47 Å². The second-order valence-electron chi connectivity index (χ2n) is 8.29. The van der Waals surface area contributed by atoms with Gasteiger partial charge >= 0.3 is 11.9 Å². The first-order valence-electron chi connectivity index (χ1n) is 11.7. The average Bonchev–Trinajstić information content (AvgIpc) is 2.90. The Balaban J connectivity index is 1.76. The van der Waals surface area contributed by atoms with E-state index in [1.807, 2.05) is 30.3 Å². The van der Waals surface area contributed by atoms with Crippen LogP contribution in [-0.2, 0) is 20.7 Å². The molecule has 3 aromatic carbocycles. The molecule has 34 heavy (non-hydrogen) atoms. The summed E-state index contributed by atoms with van der Waals surface area (Å²) in [5.74, 6) is -0.198.